The van der Waals surface area contributed by atoms with Crippen molar-refractivity contribution in [3.63, 3.8) is 0 Å². The second-order valence-corrected chi connectivity index (χ2v) is 7.13. The number of nitrogens with zero attached hydrogens (tertiary/aromatic N) is 4. The number of hydrogen-bond acceptors (Lipinski definition) is 5. The summed E-state index contributed by atoms with van der Waals surface area (Å²) in [5.41, 5.74) is 0.554. The number of amides is 1. The molecule has 28 heavy (non-hydrogen) atoms. The Kier molecular flexibility index (Phi) is 7.79. The van der Waals surface area contributed by atoms with Gasteiger partial charge in [0.1, 0.15) is 17.7 Å². The van der Waals surface area contributed by atoms with Gasteiger partial charge in [0.05, 0.1) is 0 Å². The number of carbonyl (C=O) groups excluding carboxylic acids is 1. The van der Waals surface area contributed by atoms with E-state index in [-0.39, 0.29) is 0 Å². The van der Waals surface area contributed by atoms with Crippen LogP contribution in [0.1, 0.15) is 32.8 Å². The van der Waals surface area contributed by atoms with Crippen LogP contribution >= 0.6 is 0 Å². The van der Waals surface area contributed by atoms with E-state index in [4.69, 9.17) is 4.74 Å². The normalized spacial score (nSPS) is 11.8. The van der Waals surface area contributed by atoms with Gasteiger partial charge in [-0.05, 0) is 38.8 Å². The molecule has 2 aromatic heterocycles. The van der Waals surface area contributed by atoms with E-state index in [2.05, 4.69) is 30.9 Å². The maximum Gasteiger partial charge on any atom is 0.407 e. The van der Waals surface area contributed by atoms with Crippen molar-refractivity contribution in [2.45, 2.75) is 39.3 Å². The van der Waals surface area contributed by atoms with Crippen LogP contribution in [-0.4, -0.2) is 52.3 Å². The average Bonchev–Trinajstić information content (AvgIpc) is 3.17. The lowest BCUT2D eigenvalue weighted by Crippen LogP contribution is -2.39. The summed E-state index contributed by atoms with van der Waals surface area (Å²) in [5.74, 6) is 1.51. The Morgan fingerprint density at radius 3 is 2.61 bits per heavy atom. The fraction of sp³-hybridized carbons (Fsp3) is 0.474. The molecule has 0 saturated heterocycles. The highest BCUT2D eigenvalue weighted by Crippen LogP contribution is 2.06. The van der Waals surface area contributed by atoms with Crippen LogP contribution in [0.25, 0.3) is 5.82 Å². The first-order valence-corrected chi connectivity index (χ1v) is 9.22. The molecule has 9 nitrogen and oxygen atoms in total. The summed E-state index contributed by atoms with van der Waals surface area (Å²) in [7, 11) is 1.72. The Morgan fingerprint density at radius 1 is 1.21 bits per heavy atom. The Morgan fingerprint density at radius 2 is 2.00 bits per heavy atom. The third kappa shape index (κ3) is 7.65. The number of pyridine rings is 1. The molecule has 3 N–H and O–H groups in total. The second kappa shape index (κ2) is 10.3. The molecular formula is C19H29N7O2. The molecule has 2 heterocycles. The largest absolute Gasteiger partial charge is 0.444 e. The Bertz CT molecular complexity index is 750. The van der Waals surface area contributed by atoms with Gasteiger partial charge in [-0.25, -0.2) is 14.8 Å². The minimum absolute atomic E-state index is 0.401. The van der Waals surface area contributed by atoms with Gasteiger partial charge in [-0.2, -0.15) is 0 Å². The highest BCUT2D eigenvalue weighted by Gasteiger charge is 2.15. The minimum atomic E-state index is -0.486. The molecule has 9 heteroatoms. The molecule has 0 spiro atoms. The van der Waals surface area contributed by atoms with Crippen molar-refractivity contribution in [3.8, 4) is 5.82 Å². The predicted octanol–water partition coefficient (Wildman–Crippen LogP) is 1.85. The van der Waals surface area contributed by atoms with Crippen LogP contribution in [0.3, 0.4) is 0 Å². The number of hydrogen-bond donors (Lipinski definition) is 3. The van der Waals surface area contributed by atoms with Crippen LogP contribution in [-0.2, 0) is 11.3 Å². The number of alkyl carbamates (subject to hydrolysis) is 1. The van der Waals surface area contributed by atoms with Gasteiger partial charge in [0, 0.05) is 45.3 Å². The van der Waals surface area contributed by atoms with E-state index in [0.717, 1.165) is 17.8 Å². The lowest BCUT2D eigenvalue weighted by molar-refractivity contribution is 0.0527. The number of guanidine groups is 1. The molecule has 0 aliphatic heterocycles. The van der Waals surface area contributed by atoms with Gasteiger partial charge >= 0.3 is 6.09 Å². The van der Waals surface area contributed by atoms with Crippen LogP contribution in [0, 0.1) is 0 Å². The number of imidazole rings is 1. The smallest absolute Gasteiger partial charge is 0.407 e. The molecule has 0 saturated carbocycles. The average molecular weight is 387 g/mol. The van der Waals surface area contributed by atoms with E-state index in [0.29, 0.717) is 25.6 Å². The monoisotopic (exact) mass is 387 g/mol. The van der Waals surface area contributed by atoms with Crippen LogP contribution in [0.5, 0.6) is 0 Å². The van der Waals surface area contributed by atoms with Crippen molar-refractivity contribution in [1.82, 2.24) is 30.5 Å². The van der Waals surface area contributed by atoms with Gasteiger partial charge in [-0.3, -0.25) is 9.56 Å². The van der Waals surface area contributed by atoms with Gasteiger partial charge in [-0.1, -0.05) is 6.07 Å². The summed E-state index contributed by atoms with van der Waals surface area (Å²) < 4.78 is 7.04. The van der Waals surface area contributed by atoms with Crippen molar-refractivity contribution in [1.29, 1.82) is 0 Å². The molecule has 1 amide bonds. The number of nitrogens with one attached hydrogen (secondary N) is 3. The van der Waals surface area contributed by atoms with E-state index in [9.17, 15) is 4.79 Å². The Balaban J connectivity index is 1.65. The third-order valence-electron chi connectivity index (χ3n) is 3.58. The summed E-state index contributed by atoms with van der Waals surface area (Å²) >= 11 is 0. The fourth-order valence-electron chi connectivity index (χ4n) is 2.27. The van der Waals surface area contributed by atoms with Crippen LogP contribution < -0.4 is 16.0 Å². The number of carbonyl (C=O) groups is 1. The van der Waals surface area contributed by atoms with Crippen LogP contribution in [0.2, 0.25) is 0 Å². The van der Waals surface area contributed by atoms with Crippen molar-refractivity contribution < 1.29 is 9.53 Å². The molecule has 152 valence electrons. The maximum atomic E-state index is 11.6. The summed E-state index contributed by atoms with van der Waals surface area (Å²) in [6.07, 6.45) is 7.45. The predicted molar refractivity (Wildman–Crippen MR) is 108 cm³/mol. The molecule has 0 radical (unpaired) electrons. The van der Waals surface area contributed by atoms with Crippen molar-refractivity contribution in [2.24, 2.45) is 4.99 Å². The number of rotatable bonds is 7. The third-order valence-corrected chi connectivity index (χ3v) is 3.58. The topological polar surface area (TPSA) is 105 Å². The van der Waals surface area contributed by atoms with E-state index in [1.807, 2.05) is 49.9 Å². The molecule has 2 aromatic rings. The maximum absolute atomic E-state index is 11.6. The molecule has 0 aliphatic carbocycles. The first-order chi connectivity index (χ1) is 13.4. The quantitative estimate of drug-likeness (QED) is 0.380. The fourth-order valence-corrected chi connectivity index (χ4v) is 2.27. The number of ether oxygens (including phenoxy) is 1. The summed E-state index contributed by atoms with van der Waals surface area (Å²) in [6.45, 7) is 7.32. The summed E-state index contributed by atoms with van der Waals surface area (Å²) in [4.78, 5) is 24.2. The Hall–Kier alpha value is -3.10. The van der Waals surface area contributed by atoms with E-state index in [1.54, 1.807) is 19.6 Å². The first kappa shape index (κ1) is 21.2. The van der Waals surface area contributed by atoms with E-state index in [1.165, 1.54) is 0 Å². The highest BCUT2D eigenvalue weighted by atomic mass is 16.6. The lowest BCUT2D eigenvalue weighted by Gasteiger charge is -2.19. The first-order valence-electron chi connectivity index (χ1n) is 9.22. The molecule has 0 unspecified atom stereocenters. The van der Waals surface area contributed by atoms with Crippen molar-refractivity contribution in [3.05, 3.63) is 42.6 Å². The summed E-state index contributed by atoms with van der Waals surface area (Å²) in [5, 5.41) is 9.18. The zero-order valence-electron chi connectivity index (χ0n) is 16.9. The molecule has 0 fully saturated rings. The Labute approximate surface area is 165 Å². The molecule has 0 bridgehead atoms. The number of aliphatic imine (C=N–C) groups is 1. The highest BCUT2D eigenvalue weighted by molar-refractivity contribution is 5.79. The second-order valence-electron chi connectivity index (χ2n) is 7.13. The van der Waals surface area contributed by atoms with Crippen LogP contribution in [0.15, 0.2) is 42.0 Å². The van der Waals surface area contributed by atoms with E-state index >= 15 is 0 Å². The summed E-state index contributed by atoms with van der Waals surface area (Å²) in [6, 6.07) is 3.95. The van der Waals surface area contributed by atoms with Gasteiger partial charge in [-0.15, -0.1) is 0 Å². The van der Waals surface area contributed by atoms with Gasteiger partial charge in [0.25, 0.3) is 0 Å². The zero-order chi connectivity index (χ0) is 20.4. The molecule has 0 atom stereocenters. The van der Waals surface area contributed by atoms with Gasteiger partial charge < -0.3 is 20.7 Å². The molecule has 0 aromatic carbocycles. The van der Waals surface area contributed by atoms with Crippen LogP contribution in [0.4, 0.5) is 4.79 Å². The lowest BCUT2D eigenvalue weighted by atomic mass is 10.2. The van der Waals surface area contributed by atoms with Gasteiger partial charge in [0.2, 0.25) is 0 Å². The van der Waals surface area contributed by atoms with Crippen molar-refractivity contribution in [2.75, 3.05) is 20.1 Å². The SMILES string of the molecule is CN=C(NCCCNC(=O)OC(C)(C)C)NCc1ccc(-n2ccnc2)nc1. The standard InChI is InChI=1S/C19H29N7O2/c1-19(2,3)28-18(27)23-9-5-8-22-17(20-4)25-13-15-6-7-16(24-12-15)26-11-10-21-14-26/h6-7,10-12,14H,5,8-9,13H2,1-4H3,(H,23,27)(H2,20,22,25). The minimum Gasteiger partial charge on any atom is -0.444 e. The van der Waals surface area contributed by atoms with Gasteiger partial charge in [0.15, 0.2) is 5.96 Å². The molecular weight excluding hydrogens is 358 g/mol. The number of aromatic nitrogens is 3. The zero-order valence-corrected chi connectivity index (χ0v) is 16.9. The molecule has 0 aliphatic rings. The van der Waals surface area contributed by atoms with Crippen molar-refractivity contribution >= 4 is 12.1 Å². The van der Waals surface area contributed by atoms with E-state index < -0.39 is 11.7 Å². The molecule has 2 rings (SSSR count).